The van der Waals surface area contributed by atoms with Gasteiger partial charge < -0.3 is 15.4 Å². The molecule has 1 aliphatic heterocycles. The number of halogens is 1. The Bertz CT molecular complexity index is 467. The first-order chi connectivity index (χ1) is 9.69. The number of carbonyl (C=O) groups excluding carboxylic acids is 1. The summed E-state index contributed by atoms with van der Waals surface area (Å²) in [6.45, 7) is 2.84. The molecule has 1 aromatic rings. The maximum absolute atomic E-state index is 12.5. The minimum atomic E-state index is -0.379. The topological polar surface area (TPSA) is 55.6 Å². The molecule has 1 heterocycles. The van der Waals surface area contributed by atoms with Crippen molar-refractivity contribution in [1.29, 1.82) is 0 Å². The zero-order valence-electron chi connectivity index (χ0n) is 12.7. The number of likely N-dealkylation sites (tertiary alicyclic amines) is 1. The Hall–Kier alpha value is -1.26. The Labute approximate surface area is 133 Å². The third kappa shape index (κ3) is 3.89. The van der Waals surface area contributed by atoms with Gasteiger partial charge in [-0.15, -0.1) is 12.4 Å². The monoisotopic (exact) mass is 312 g/mol. The van der Waals surface area contributed by atoms with Gasteiger partial charge in [-0.05, 0) is 25.3 Å². The Morgan fingerprint density at radius 3 is 2.86 bits per heavy atom. The second-order valence-electron chi connectivity index (χ2n) is 5.33. The van der Waals surface area contributed by atoms with Gasteiger partial charge in [0.2, 0.25) is 5.91 Å². The van der Waals surface area contributed by atoms with Crippen molar-refractivity contribution in [2.75, 3.05) is 13.7 Å². The van der Waals surface area contributed by atoms with Crippen molar-refractivity contribution in [3.05, 3.63) is 29.8 Å². The van der Waals surface area contributed by atoms with E-state index in [0.29, 0.717) is 0 Å². The first kappa shape index (κ1) is 17.8. The Morgan fingerprint density at radius 2 is 2.19 bits per heavy atom. The lowest BCUT2D eigenvalue weighted by Gasteiger charge is -2.28. The lowest BCUT2D eigenvalue weighted by molar-refractivity contribution is -0.133. The molecule has 2 atom stereocenters. The molecule has 1 aliphatic rings. The summed E-state index contributed by atoms with van der Waals surface area (Å²) in [5.41, 5.74) is 7.08. The first-order valence-corrected chi connectivity index (χ1v) is 7.38. The van der Waals surface area contributed by atoms with Crippen LogP contribution in [0.25, 0.3) is 0 Å². The van der Waals surface area contributed by atoms with Crippen LogP contribution in [0.3, 0.4) is 0 Å². The molecular weight excluding hydrogens is 288 g/mol. The smallest absolute Gasteiger partial charge is 0.239 e. The van der Waals surface area contributed by atoms with E-state index in [9.17, 15) is 4.79 Å². The molecule has 118 valence electrons. The third-order valence-electron chi connectivity index (χ3n) is 3.95. The van der Waals surface area contributed by atoms with Crippen LogP contribution in [-0.4, -0.2) is 30.5 Å². The van der Waals surface area contributed by atoms with Crippen LogP contribution in [0.1, 0.15) is 44.2 Å². The number of methoxy groups -OCH3 is 1. The molecule has 4 nitrogen and oxygen atoms in total. The summed E-state index contributed by atoms with van der Waals surface area (Å²) in [6, 6.07) is 7.65. The lowest BCUT2D eigenvalue weighted by Crippen LogP contribution is -2.43. The quantitative estimate of drug-likeness (QED) is 0.909. The first-order valence-electron chi connectivity index (χ1n) is 7.38. The Kier molecular flexibility index (Phi) is 6.99. The number of hydrogen-bond donors (Lipinski definition) is 1. The highest BCUT2D eigenvalue weighted by atomic mass is 35.5. The lowest BCUT2D eigenvalue weighted by atomic mass is 10.0. The highest BCUT2D eigenvalue weighted by Crippen LogP contribution is 2.37. The standard InChI is InChI=1S/C16H24N2O2.ClH/c1-3-7-13(17)16(19)18-11-6-9-14(18)12-8-4-5-10-15(12)20-2;/h4-5,8,10,13-14H,3,6-7,9,11,17H2,1-2H3;1H. The van der Waals surface area contributed by atoms with Crippen LogP contribution in [0.4, 0.5) is 0 Å². The number of para-hydroxylation sites is 1. The third-order valence-corrected chi connectivity index (χ3v) is 3.95. The van der Waals surface area contributed by atoms with Crippen LogP contribution in [0.5, 0.6) is 5.75 Å². The van der Waals surface area contributed by atoms with Crippen LogP contribution in [-0.2, 0) is 4.79 Å². The van der Waals surface area contributed by atoms with E-state index in [4.69, 9.17) is 10.5 Å². The summed E-state index contributed by atoms with van der Waals surface area (Å²) in [7, 11) is 1.67. The molecule has 2 rings (SSSR count). The number of benzene rings is 1. The highest BCUT2D eigenvalue weighted by molar-refractivity contribution is 5.85. The number of ether oxygens (including phenoxy) is 1. The van der Waals surface area contributed by atoms with Crippen LogP contribution < -0.4 is 10.5 Å². The average Bonchev–Trinajstić information content (AvgIpc) is 2.95. The van der Waals surface area contributed by atoms with Gasteiger partial charge in [-0.1, -0.05) is 31.5 Å². The van der Waals surface area contributed by atoms with Crippen LogP contribution in [0.15, 0.2) is 24.3 Å². The predicted molar refractivity (Wildman–Crippen MR) is 86.8 cm³/mol. The zero-order chi connectivity index (χ0) is 14.5. The molecule has 21 heavy (non-hydrogen) atoms. The Balaban J connectivity index is 0.00000220. The number of rotatable bonds is 5. The summed E-state index contributed by atoms with van der Waals surface area (Å²) in [5.74, 6) is 0.918. The fraction of sp³-hybridized carbons (Fsp3) is 0.562. The van der Waals surface area contributed by atoms with Gasteiger partial charge in [0, 0.05) is 12.1 Å². The van der Waals surface area contributed by atoms with Gasteiger partial charge in [-0.25, -0.2) is 0 Å². The minimum absolute atomic E-state index is 0. The van der Waals surface area contributed by atoms with E-state index in [0.717, 1.165) is 43.5 Å². The van der Waals surface area contributed by atoms with Gasteiger partial charge >= 0.3 is 0 Å². The van der Waals surface area contributed by atoms with E-state index >= 15 is 0 Å². The summed E-state index contributed by atoms with van der Waals surface area (Å²) < 4.78 is 5.42. The number of nitrogens with two attached hydrogens (primary N) is 1. The molecule has 1 fully saturated rings. The van der Waals surface area contributed by atoms with Crippen molar-refractivity contribution in [2.45, 2.75) is 44.7 Å². The maximum Gasteiger partial charge on any atom is 0.239 e. The van der Waals surface area contributed by atoms with E-state index in [1.807, 2.05) is 29.2 Å². The number of amides is 1. The number of carbonyl (C=O) groups is 1. The average molecular weight is 313 g/mol. The van der Waals surface area contributed by atoms with Gasteiger partial charge in [0.1, 0.15) is 5.75 Å². The molecular formula is C16H25ClN2O2. The van der Waals surface area contributed by atoms with Gasteiger partial charge in [0.05, 0.1) is 19.2 Å². The van der Waals surface area contributed by atoms with Gasteiger partial charge in [0.15, 0.2) is 0 Å². The highest BCUT2D eigenvalue weighted by Gasteiger charge is 2.33. The van der Waals surface area contributed by atoms with E-state index in [1.165, 1.54) is 0 Å². The molecule has 0 bridgehead atoms. The molecule has 0 spiro atoms. The van der Waals surface area contributed by atoms with E-state index in [2.05, 4.69) is 6.92 Å². The van der Waals surface area contributed by atoms with Crippen molar-refractivity contribution in [3.63, 3.8) is 0 Å². The normalized spacial score (nSPS) is 19.0. The molecule has 0 aromatic heterocycles. The Morgan fingerprint density at radius 1 is 1.48 bits per heavy atom. The van der Waals surface area contributed by atoms with Crippen molar-refractivity contribution in [1.82, 2.24) is 4.90 Å². The fourth-order valence-electron chi connectivity index (χ4n) is 2.94. The maximum atomic E-state index is 12.5. The van der Waals surface area contributed by atoms with Gasteiger partial charge in [0.25, 0.3) is 0 Å². The summed E-state index contributed by atoms with van der Waals surface area (Å²) in [4.78, 5) is 14.4. The van der Waals surface area contributed by atoms with Crippen molar-refractivity contribution < 1.29 is 9.53 Å². The van der Waals surface area contributed by atoms with Crippen molar-refractivity contribution >= 4 is 18.3 Å². The van der Waals surface area contributed by atoms with Gasteiger partial charge in [-0.3, -0.25) is 4.79 Å². The van der Waals surface area contributed by atoms with Crippen LogP contribution >= 0.6 is 12.4 Å². The van der Waals surface area contributed by atoms with Gasteiger partial charge in [-0.2, -0.15) is 0 Å². The largest absolute Gasteiger partial charge is 0.496 e. The summed E-state index contributed by atoms with van der Waals surface area (Å²) in [6.07, 6.45) is 3.67. The van der Waals surface area contributed by atoms with E-state index < -0.39 is 0 Å². The molecule has 0 radical (unpaired) electrons. The number of hydrogen-bond acceptors (Lipinski definition) is 3. The SMILES string of the molecule is CCCC(N)C(=O)N1CCCC1c1ccccc1OC.Cl. The molecule has 2 N–H and O–H groups in total. The zero-order valence-corrected chi connectivity index (χ0v) is 13.6. The summed E-state index contributed by atoms with van der Waals surface area (Å²) >= 11 is 0. The van der Waals surface area contributed by atoms with Crippen molar-refractivity contribution in [2.24, 2.45) is 5.73 Å². The number of nitrogens with zero attached hydrogens (tertiary/aromatic N) is 1. The summed E-state index contributed by atoms with van der Waals surface area (Å²) in [5, 5.41) is 0. The van der Waals surface area contributed by atoms with Crippen LogP contribution in [0.2, 0.25) is 0 Å². The fourth-order valence-corrected chi connectivity index (χ4v) is 2.94. The second kappa shape index (κ2) is 8.25. The molecule has 0 aliphatic carbocycles. The molecule has 1 aromatic carbocycles. The van der Waals surface area contributed by atoms with Crippen molar-refractivity contribution in [3.8, 4) is 5.75 Å². The van der Waals surface area contributed by atoms with E-state index in [1.54, 1.807) is 7.11 Å². The molecule has 2 unspecified atom stereocenters. The molecule has 0 saturated carbocycles. The van der Waals surface area contributed by atoms with E-state index in [-0.39, 0.29) is 30.4 Å². The minimum Gasteiger partial charge on any atom is -0.496 e. The second-order valence-corrected chi connectivity index (χ2v) is 5.33. The molecule has 5 heteroatoms. The molecule has 1 saturated heterocycles. The molecule has 1 amide bonds. The predicted octanol–water partition coefficient (Wildman–Crippen LogP) is 2.91. The van der Waals surface area contributed by atoms with Crippen LogP contribution in [0, 0.1) is 0 Å².